The Morgan fingerprint density at radius 2 is 1.89 bits per heavy atom. The number of carbonyl (C=O) groups is 3. The lowest BCUT2D eigenvalue weighted by Crippen LogP contribution is -2.55. The van der Waals surface area contributed by atoms with Gasteiger partial charge in [0.15, 0.2) is 0 Å². The number of carbonyl (C=O) groups excluding carboxylic acids is 3. The number of aromatic nitrogens is 2. The fourth-order valence-electron chi connectivity index (χ4n) is 4.78. The van der Waals surface area contributed by atoms with Gasteiger partial charge in [0.05, 0.1) is 18.4 Å². The Morgan fingerprint density at radius 3 is 2.49 bits per heavy atom. The molecule has 3 heterocycles. The summed E-state index contributed by atoms with van der Waals surface area (Å²) in [5.74, 6) is 0.642. The number of imidazole rings is 1. The van der Waals surface area contributed by atoms with Crippen LogP contribution in [0.1, 0.15) is 50.2 Å². The number of nitrogens with zero attached hydrogens (tertiary/aromatic N) is 4. The second-order valence-corrected chi connectivity index (χ2v) is 10.2. The van der Waals surface area contributed by atoms with Crippen LogP contribution in [0.2, 0.25) is 0 Å². The van der Waals surface area contributed by atoms with Crippen LogP contribution in [-0.2, 0) is 15.8 Å². The van der Waals surface area contributed by atoms with Crippen molar-refractivity contribution in [3.8, 4) is 0 Å². The number of alkyl halides is 1. The topological polar surface area (TPSA) is 99.6 Å². The Morgan fingerprint density at radius 1 is 1.20 bits per heavy atom. The van der Waals surface area contributed by atoms with Gasteiger partial charge in [-0.1, -0.05) is 55.0 Å². The van der Waals surface area contributed by atoms with Gasteiger partial charge in [-0.3, -0.25) is 9.36 Å². The normalized spacial score (nSPS) is 17.8. The van der Waals surface area contributed by atoms with E-state index in [1.807, 2.05) is 54.8 Å². The van der Waals surface area contributed by atoms with Crippen LogP contribution in [0.3, 0.4) is 0 Å². The summed E-state index contributed by atoms with van der Waals surface area (Å²) in [7, 11) is 0. The lowest BCUT2D eigenvalue weighted by atomic mass is 9.96. The number of urea groups is 1. The molecule has 10 heteroatoms. The molecule has 1 saturated heterocycles. The average Bonchev–Trinajstić information content (AvgIpc) is 3.41. The molecule has 1 unspecified atom stereocenters. The summed E-state index contributed by atoms with van der Waals surface area (Å²) < 4.78 is 2.58. The van der Waals surface area contributed by atoms with E-state index in [9.17, 15) is 14.4 Å². The van der Waals surface area contributed by atoms with Gasteiger partial charge < -0.3 is 20.4 Å². The minimum atomic E-state index is -0.604. The smallest absolute Gasteiger partial charge is 0.330 e. The fraction of sp³-hybridized carbons (Fsp3) is 0.520. The molecule has 2 atom stereocenters. The second-order valence-electron chi connectivity index (χ2n) is 9.39. The Balaban J connectivity index is 1.34. The van der Waals surface area contributed by atoms with E-state index in [1.165, 1.54) is 5.56 Å². The van der Waals surface area contributed by atoms with Crippen LogP contribution < -0.4 is 10.6 Å². The summed E-state index contributed by atoms with van der Waals surface area (Å²) >= 11 is 2.30. The van der Waals surface area contributed by atoms with Gasteiger partial charge in [-0.2, -0.15) is 0 Å². The van der Waals surface area contributed by atoms with E-state index < -0.39 is 6.04 Å². The van der Waals surface area contributed by atoms with Crippen molar-refractivity contribution >= 4 is 46.2 Å². The first-order valence-electron chi connectivity index (χ1n) is 12.2. The van der Waals surface area contributed by atoms with Gasteiger partial charge in [0, 0.05) is 29.2 Å². The number of likely N-dealkylation sites (tertiary alicyclic amines) is 1. The molecule has 2 aliphatic heterocycles. The maximum Gasteiger partial charge on any atom is 0.330 e. The summed E-state index contributed by atoms with van der Waals surface area (Å²) in [5.41, 5.74) is 2.80. The first-order chi connectivity index (χ1) is 16.8. The molecular formula is C25H33IN6O3. The number of hydrogen-bond donors (Lipinski definition) is 2. The van der Waals surface area contributed by atoms with E-state index in [4.69, 9.17) is 0 Å². The number of amides is 4. The fourth-order valence-corrected chi connectivity index (χ4v) is 5.29. The molecule has 1 fully saturated rings. The highest BCUT2D eigenvalue weighted by atomic mass is 127. The number of rotatable bonds is 7. The zero-order valence-electron chi connectivity index (χ0n) is 20.5. The molecule has 4 amide bonds. The molecule has 0 aliphatic carbocycles. The standard InChI is InChI=1S/C25H33IN6O3/c1-4-16(2)22(29-24(34)28-19-7-5-18(13-26)6-8-19)23(33)30-11-9-20(10-12-30)31-15-21-14-27-17(3)32(21)25(31)35/h5-8,14,16,20,22H,4,9-13,15H2,1-3H3,(H2,28,29,34)/t16?,22-/m1/s1. The molecule has 2 aromatic rings. The second kappa shape index (κ2) is 11.0. The Bertz CT molecular complexity index is 1080. The van der Waals surface area contributed by atoms with Gasteiger partial charge in [0.25, 0.3) is 0 Å². The molecule has 0 spiro atoms. The monoisotopic (exact) mass is 592 g/mol. The zero-order chi connectivity index (χ0) is 25.1. The third kappa shape index (κ3) is 5.46. The van der Waals surface area contributed by atoms with Crippen molar-refractivity contribution in [3.05, 3.63) is 47.5 Å². The molecule has 2 N–H and O–H groups in total. The minimum absolute atomic E-state index is 0.00564. The molecule has 1 aromatic heterocycles. The van der Waals surface area contributed by atoms with E-state index in [2.05, 4.69) is 38.2 Å². The van der Waals surface area contributed by atoms with E-state index in [0.717, 1.165) is 29.4 Å². The van der Waals surface area contributed by atoms with E-state index in [-0.39, 0.29) is 29.9 Å². The van der Waals surface area contributed by atoms with Crippen molar-refractivity contribution in [3.63, 3.8) is 0 Å². The van der Waals surface area contributed by atoms with E-state index >= 15 is 0 Å². The molecule has 0 saturated carbocycles. The van der Waals surface area contributed by atoms with Crippen LogP contribution in [0.15, 0.2) is 30.5 Å². The molecule has 0 bridgehead atoms. The number of hydrogen-bond acceptors (Lipinski definition) is 4. The SMILES string of the molecule is CCC(C)[C@@H](NC(=O)Nc1ccc(CI)cc1)C(=O)N1CCC(N2Cc3cnc(C)n3C2=O)CC1. The summed E-state index contributed by atoms with van der Waals surface area (Å²) in [6.07, 6.45) is 3.97. The third-order valence-electron chi connectivity index (χ3n) is 7.13. The van der Waals surface area contributed by atoms with Crippen molar-refractivity contribution in [2.75, 3.05) is 18.4 Å². The number of halogens is 1. The predicted octanol–water partition coefficient (Wildman–Crippen LogP) is 4.14. The van der Waals surface area contributed by atoms with Crippen LogP contribution >= 0.6 is 22.6 Å². The van der Waals surface area contributed by atoms with Crippen molar-refractivity contribution in [1.29, 1.82) is 0 Å². The highest BCUT2D eigenvalue weighted by Gasteiger charge is 2.38. The molecule has 2 aliphatic rings. The van der Waals surface area contributed by atoms with Crippen LogP contribution in [-0.4, -0.2) is 62.5 Å². The number of nitrogens with one attached hydrogen (secondary N) is 2. The first-order valence-corrected chi connectivity index (χ1v) is 13.7. The highest BCUT2D eigenvalue weighted by Crippen LogP contribution is 2.26. The number of benzene rings is 1. The first kappa shape index (κ1) is 25.5. The van der Waals surface area contributed by atoms with Crippen molar-refractivity contribution < 1.29 is 14.4 Å². The van der Waals surface area contributed by atoms with Crippen LogP contribution in [0, 0.1) is 12.8 Å². The zero-order valence-corrected chi connectivity index (χ0v) is 22.6. The lowest BCUT2D eigenvalue weighted by Gasteiger charge is -2.38. The molecule has 0 radical (unpaired) electrons. The number of fused-ring (bicyclic) bond motifs is 1. The van der Waals surface area contributed by atoms with Gasteiger partial charge in [-0.05, 0) is 43.4 Å². The quantitative estimate of drug-likeness (QED) is 0.373. The summed E-state index contributed by atoms with van der Waals surface area (Å²) in [5, 5.41) is 5.76. The number of aryl methyl sites for hydroxylation is 1. The predicted molar refractivity (Wildman–Crippen MR) is 142 cm³/mol. The van der Waals surface area contributed by atoms with Crippen LogP contribution in [0.4, 0.5) is 15.3 Å². The maximum absolute atomic E-state index is 13.4. The highest BCUT2D eigenvalue weighted by molar-refractivity contribution is 14.1. The van der Waals surface area contributed by atoms with Gasteiger partial charge in [0.1, 0.15) is 11.9 Å². The molecule has 188 valence electrons. The molecule has 35 heavy (non-hydrogen) atoms. The van der Waals surface area contributed by atoms with Gasteiger partial charge in [-0.25, -0.2) is 14.6 Å². The summed E-state index contributed by atoms with van der Waals surface area (Å²) in [6, 6.07) is 6.77. The summed E-state index contributed by atoms with van der Waals surface area (Å²) in [4.78, 5) is 46.9. The van der Waals surface area contributed by atoms with Crippen molar-refractivity contribution in [1.82, 2.24) is 24.7 Å². The number of piperidine rings is 1. The number of anilines is 1. The molecule has 1 aromatic carbocycles. The lowest BCUT2D eigenvalue weighted by molar-refractivity contribution is -0.135. The Hall–Kier alpha value is -2.63. The van der Waals surface area contributed by atoms with Gasteiger partial charge >= 0.3 is 12.1 Å². The van der Waals surface area contributed by atoms with Crippen LogP contribution in [0.25, 0.3) is 0 Å². The molecular weight excluding hydrogens is 559 g/mol. The van der Waals surface area contributed by atoms with Gasteiger partial charge in [-0.15, -0.1) is 0 Å². The van der Waals surface area contributed by atoms with E-state index in [1.54, 1.807) is 10.8 Å². The van der Waals surface area contributed by atoms with Crippen LogP contribution in [0.5, 0.6) is 0 Å². The van der Waals surface area contributed by atoms with E-state index in [0.29, 0.717) is 31.1 Å². The average molecular weight is 592 g/mol. The third-order valence-corrected chi connectivity index (χ3v) is 8.01. The van der Waals surface area contributed by atoms with Crippen molar-refractivity contribution in [2.24, 2.45) is 5.92 Å². The summed E-state index contributed by atoms with van der Waals surface area (Å²) in [6.45, 7) is 7.53. The molecule has 9 nitrogen and oxygen atoms in total. The maximum atomic E-state index is 13.4. The Labute approximate surface area is 219 Å². The minimum Gasteiger partial charge on any atom is -0.341 e. The molecule has 4 rings (SSSR count). The Kier molecular flexibility index (Phi) is 7.98. The van der Waals surface area contributed by atoms with Gasteiger partial charge in [0.2, 0.25) is 5.91 Å². The van der Waals surface area contributed by atoms with Crippen molar-refractivity contribution in [2.45, 2.75) is 63.1 Å². The largest absolute Gasteiger partial charge is 0.341 e.